The summed E-state index contributed by atoms with van der Waals surface area (Å²) in [5.74, 6) is 2.26. The van der Waals surface area contributed by atoms with Gasteiger partial charge in [-0.2, -0.15) is 0 Å². The highest BCUT2D eigenvalue weighted by atomic mass is 16.5. The van der Waals surface area contributed by atoms with Crippen molar-refractivity contribution >= 4 is 5.91 Å². The Bertz CT molecular complexity index is 675. The number of aromatic nitrogens is 3. The van der Waals surface area contributed by atoms with E-state index in [2.05, 4.69) is 10.2 Å². The summed E-state index contributed by atoms with van der Waals surface area (Å²) in [5, 5.41) is 8.07. The summed E-state index contributed by atoms with van der Waals surface area (Å²) >= 11 is 0. The molecule has 1 aliphatic rings. The molecule has 2 heterocycles. The lowest BCUT2D eigenvalue weighted by molar-refractivity contribution is 0.0686. The monoisotopic (exact) mass is 314 g/mol. The zero-order chi connectivity index (χ0) is 16.2. The van der Waals surface area contributed by atoms with Gasteiger partial charge in [0.1, 0.15) is 17.9 Å². The summed E-state index contributed by atoms with van der Waals surface area (Å²) < 4.78 is 7.26. The number of piperidine rings is 1. The number of benzene rings is 1. The SMILES string of the molecule is COc1ccccc1C(=O)N1CCC(Cc2nncn2C)CC1. The standard InChI is InChI=1S/C17H22N4O2/c1-20-12-18-19-16(20)11-13-7-9-21(10-8-13)17(22)14-5-3-4-6-15(14)23-2/h3-6,12-13H,7-11H2,1-2H3. The number of hydrogen-bond acceptors (Lipinski definition) is 4. The molecule has 0 bridgehead atoms. The van der Waals surface area contributed by atoms with Crippen molar-refractivity contribution in [2.24, 2.45) is 13.0 Å². The number of amides is 1. The largest absolute Gasteiger partial charge is 0.496 e. The van der Waals surface area contributed by atoms with Crippen molar-refractivity contribution < 1.29 is 9.53 Å². The number of hydrogen-bond donors (Lipinski definition) is 0. The first-order valence-electron chi connectivity index (χ1n) is 7.94. The number of para-hydroxylation sites is 1. The number of nitrogens with zero attached hydrogens (tertiary/aromatic N) is 4. The number of likely N-dealkylation sites (tertiary alicyclic amines) is 1. The maximum Gasteiger partial charge on any atom is 0.257 e. The molecule has 1 fully saturated rings. The number of aryl methyl sites for hydroxylation is 1. The lowest BCUT2D eigenvalue weighted by atomic mass is 9.93. The summed E-state index contributed by atoms with van der Waals surface area (Å²) in [7, 11) is 3.56. The molecular weight excluding hydrogens is 292 g/mol. The molecule has 6 heteroatoms. The van der Waals surface area contributed by atoms with Crippen molar-refractivity contribution in [2.45, 2.75) is 19.3 Å². The number of carbonyl (C=O) groups excluding carboxylic acids is 1. The molecular formula is C17H22N4O2. The van der Waals surface area contributed by atoms with E-state index in [-0.39, 0.29) is 5.91 Å². The highest BCUT2D eigenvalue weighted by Crippen LogP contribution is 2.25. The van der Waals surface area contributed by atoms with E-state index in [1.54, 1.807) is 13.4 Å². The van der Waals surface area contributed by atoms with Gasteiger partial charge in [-0.25, -0.2) is 0 Å². The second-order valence-corrected chi connectivity index (χ2v) is 6.00. The molecule has 0 unspecified atom stereocenters. The molecule has 0 saturated carbocycles. The molecule has 6 nitrogen and oxygen atoms in total. The molecule has 0 atom stereocenters. The van der Waals surface area contributed by atoms with Crippen LogP contribution in [-0.2, 0) is 13.5 Å². The lowest BCUT2D eigenvalue weighted by Gasteiger charge is -2.32. The third-order valence-corrected chi connectivity index (χ3v) is 4.52. The topological polar surface area (TPSA) is 60.2 Å². The van der Waals surface area contributed by atoms with Crippen LogP contribution in [0.2, 0.25) is 0 Å². The maximum absolute atomic E-state index is 12.7. The minimum Gasteiger partial charge on any atom is -0.496 e. The molecule has 1 aliphatic heterocycles. The van der Waals surface area contributed by atoms with Crippen LogP contribution < -0.4 is 4.74 Å². The van der Waals surface area contributed by atoms with Crippen molar-refractivity contribution in [3.05, 3.63) is 42.0 Å². The van der Waals surface area contributed by atoms with Crippen LogP contribution in [0.15, 0.2) is 30.6 Å². The number of ether oxygens (including phenoxy) is 1. The van der Waals surface area contributed by atoms with Crippen LogP contribution in [0.1, 0.15) is 29.0 Å². The van der Waals surface area contributed by atoms with Gasteiger partial charge in [0.2, 0.25) is 0 Å². The normalized spacial score (nSPS) is 15.7. The Balaban J connectivity index is 1.60. The van der Waals surface area contributed by atoms with Gasteiger partial charge in [-0.3, -0.25) is 4.79 Å². The zero-order valence-electron chi connectivity index (χ0n) is 13.6. The predicted octanol–water partition coefficient (Wildman–Crippen LogP) is 1.92. The van der Waals surface area contributed by atoms with Crippen LogP contribution in [-0.4, -0.2) is 45.8 Å². The molecule has 3 rings (SSSR count). The van der Waals surface area contributed by atoms with Gasteiger partial charge in [-0.15, -0.1) is 10.2 Å². The van der Waals surface area contributed by atoms with Gasteiger partial charge < -0.3 is 14.2 Å². The summed E-state index contributed by atoms with van der Waals surface area (Å²) in [5.41, 5.74) is 0.641. The molecule has 1 aromatic carbocycles. The van der Waals surface area contributed by atoms with Gasteiger partial charge in [-0.1, -0.05) is 12.1 Å². The zero-order valence-corrected chi connectivity index (χ0v) is 13.6. The summed E-state index contributed by atoms with van der Waals surface area (Å²) in [6, 6.07) is 7.40. The van der Waals surface area contributed by atoms with E-state index in [4.69, 9.17) is 4.74 Å². The Morgan fingerprint density at radius 1 is 1.30 bits per heavy atom. The fourth-order valence-corrected chi connectivity index (χ4v) is 3.08. The van der Waals surface area contributed by atoms with E-state index in [0.717, 1.165) is 38.2 Å². The fourth-order valence-electron chi connectivity index (χ4n) is 3.08. The Kier molecular flexibility index (Phi) is 4.60. The van der Waals surface area contributed by atoms with Crippen LogP contribution in [0.25, 0.3) is 0 Å². The Hall–Kier alpha value is -2.37. The molecule has 1 amide bonds. The van der Waals surface area contributed by atoms with Crippen LogP contribution >= 0.6 is 0 Å². The van der Waals surface area contributed by atoms with Gasteiger partial charge >= 0.3 is 0 Å². The van der Waals surface area contributed by atoms with Crippen molar-refractivity contribution in [3.63, 3.8) is 0 Å². The van der Waals surface area contributed by atoms with Gasteiger partial charge in [0.05, 0.1) is 12.7 Å². The van der Waals surface area contributed by atoms with Crippen LogP contribution in [0.4, 0.5) is 0 Å². The molecule has 1 aromatic heterocycles. The Labute approximate surface area is 136 Å². The summed E-state index contributed by atoms with van der Waals surface area (Å²) in [6.45, 7) is 1.55. The van der Waals surface area contributed by atoms with Crippen molar-refractivity contribution in [1.82, 2.24) is 19.7 Å². The molecule has 122 valence electrons. The number of methoxy groups -OCH3 is 1. The number of carbonyl (C=O) groups is 1. The Morgan fingerprint density at radius 3 is 2.70 bits per heavy atom. The molecule has 0 spiro atoms. The molecule has 0 N–H and O–H groups in total. The van der Waals surface area contributed by atoms with E-state index in [1.165, 1.54) is 0 Å². The van der Waals surface area contributed by atoms with E-state index < -0.39 is 0 Å². The average molecular weight is 314 g/mol. The predicted molar refractivity (Wildman–Crippen MR) is 86.3 cm³/mol. The van der Waals surface area contributed by atoms with Crippen molar-refractivity contribution in [3.8, 4) is 5.75 Å². The van der Waals surface area contributed by atoms with Crippen LogP contribution in [0.3, 0.4) is 0 Å². The second-order valence-electron chi connectivity index (χ2n) is 6.00. The summed E-state index contributed by atoms with van der Waals surface area (Å²) in [6.07, 6.45) is 4.64. The lowest BCUT2D eigenvalue weighted by Crippen LogP contribution is -2.39. The first-order valence-corrected chi connectivity index (χ1v) is 7.94. The molecule has 0 radical (unpaired) electrons. The molecule has 2 aromatic rings. The molecule has 23 heavy (non-hydrogen) atoms. The first-order chi connectivity index (χ1) is 11.2. The van der Waals surface area contributed by atoms with E-state index in [9.17, 15) is 4.79 Å². The second kappa shape index (κ2) is 6.81. The number of rotatable bonds is 4. The minimum absolute atomic E-state index is 0.0551. The maximum atomic E-state index is 12.7. The van der Waals surface area contributed by atoms with Gasteiger partial charge in [0.15, 0.2) is 0 Å². The Morgan fingerprint density at radius 2 is 2.04 bits per heavy atom. The van der Waals surface area contributed by atoms with Crippen molar-refractivity contribution in [1.29, 1.82) is 0 Å². The smallest absolute Gasteiger partial charge is 0.257 e. The average Bonchev–Trinajstić information content (AvgIpc) is 3.00. The minimum atomic E-state index is 0.0551. The highest BCUT2D eigenvalue weighted by molar-refractivity contribution is 5.97. The van der Waals surface area contributed by atoms with Crippen LogP contribution in [0.5, 0.6) is 5.75 Å². The third kappa shape index (κ3) is 3.36. The van der Waals surface area contributed by atoms with E-state index >= 15 is 0 Å². The van der Waals surface area contributed by atoms with Gasteiger partial charge in [-0.05, 0) is 30.9 Å². The van der Waals surface area contributed by atoms with Crippen molar-refractivity contribution in [2.75, 3.05) is 20.2 Å². The van der Waals surface area contributed by atoms with E-state index in [0.29, 0.717) is 17.2 Å². The van der Waals surface area contributed by atoms with Gasteiger partial charge in [0, 0.05) is 26.6 Å². The first kappa shape index (κ1) is 15.5. The molecule has 1 saturated heterocycles. The quantitative estimate of drug-likeness (QED) is 0.865. The van der Waals surface area contributed by atoms with E-state index in [1.807, 2.05) is 40.8 Å². The highest BCUT2D eigenvalue weighted by Gasteiger charge is 2.26. The molecule has 0 aliphatic carbocycles. The van der Waals surface area contributed by atoms with Gasteiger partial charge in [0.25, 0.3) is 5.91 Å². The fraction of sp³-hybridized carbons (Fsp3) is 0.471. The third-order valence-electron chi connectivity index (χ3n) is 4.52. The van der Waals surface area contributed by atoms with Crippen LogP contribution in [0, 0.1) is 5.92 Å². The summed E-state index contributed by atoms with van der Waals surface area (Å²) in [4.78, 5) is 14.6.